The lowest BCUT2D eigenvalue weighted by Crippen LogP contribution is -2.32. The Bertz CT molecular complexity index is 676. The minimum Gasteiger partial charge on any atom is -0.493 e. The van der Waals surface area contributed by atoms with E-state index in [1.54, 1.807) is 30.9 Å². The van der Waals surface area contributed by atoms with E-state index < -0.39 is 0 Å². The fourth-order valence-electron chi connectivity index (χ4n) is 2.39. The molecule has 2 aromatic carbocycles. The molecule has 2 rings (SSSR count). The summed E-state index contributed by atoms with van der Waals surface area (Å²) >= 11 is 1.57. The minimum absolute atomic E-state index is 0.0960. The van der Waals surface area contributed by atoms with Crippen LogP contribution in [0.3, 0.4) is 0 Å². The van der Waals surface area contributed by atoms with Crippen LogP contribution in [-0.2, 0) is 11.3 Å². The molecule has 0 fully saturated rings. The molecule has 0 saturated carbocycles. The first-order chi connectivity index (χ1) is 11.5. The first kappa shape index (κ1) is 18.2. The summed E-state index contributed by atoms with van der Waals surface area (Å²) in [5, 5.41) is -0.141. The van der Waals surface area contributed by atoms with E-state index >= 15 is 0 Å². The topological polar surface area (TPSA) is 38.8 Å². The van der Waals surface area contributed by atoms with Crippen LogP contribution >= 0.6 is 11.8 Å². The van der Waals surface area contributed by atoms with Crippen LogP contribution in [0.25, 0.3) is 0 Å². The van der Waals surface area contributed by atoms with Gasteiger partial charge < -0.3 is 14.4 Å². The van der Waals surface area contributed by atoms with Crippen LogP contribution in [0.2, 0.25) is 0 Å². The van der Waals surface area contributed by atoms with Gasteiger partial charge in [-0.15, -0.1) is 11.8 Å². The van der Waals surface area contributed by atoms with Crippen LogP contribution in [0.4, 0.5) is 0 Å². The summed E-state index contributed by atoms with van der Waals surface area (Å²) in [6.45, 7) is 2.46. The zero-order chi connectivity index (χ0) is 17.5. The molecule has 0 radical (unpaired) electrons. The molecule has 1 amide bonds. The van der Waals surface area contributed by atoms with Crippen molar-refractivity contribution < 1.29 is 14.3 Å². The fourth-order valence-corrected chi connectivity index (χ4v) is 3.40. The number of benzene rings is 2. The lowest BCUT2D eigenvalue weighted by molar-refractivity contribution is -0.129. The van der Waals surface area contributed by atoms with Gasteiger partial charge in [-0.25, -0.2) is 0 Å². The molecule has 0 saturated heterocycles. The highest BCUT2D eigenvalue weighted by molar-refractivity contribution is 8.00. The quantitative estimate of drug-likeness (QED) is 0.715. The van der Waals surface area contributed by atoms with E-state index in [-0.39, 0.29) is 11.2 Å². The summed E-state index contributed by atoms with van der Waals surface area (Å²) in [4.78, 5) is 15.4. The van der Waals surface area contributed by atoms with Gasteiger partial charge in [0.05, 0.1) is 19.5 Å². The molecule has 5 heteroatoms. The SMILES string of the molecule is COc1ccc(CN(C)C(=O)[C@@H](C)Sc2ccccc2)cc1OC. The third-order valence-electron chi connectivity index (χ3n) is 3.65. The number of rotatable bonds is 7. The van der Waals surface area contributed by atoms with Gasteiger partial charge >= 0.3 is 0 Å². The van der Waals surface area contributed by atoms with Crippen LogP contribution in [-0.4, -0.2) is 37.3 Å². The van der Waals surface area contributed by atoms with Crippen LogP contribution in [0.15, 0.2) is 53.4 Å². The lowest BCUT2D eigenvalue weighted by atomic mass is 10.2. The number of carbonyl (C=O) groups excluding carboxylic acids is 1. The smallest absolute Gasteiger partial charge is 0.235 e. The Morgan fingerprint density at radius 2 is 1.75 bits per heavy atom. The molecular weight excluding hydrogens is 322 g/mol. The summed E-state index contributed by atoms with van der Waals surface area (Å²) < 4.78 is 10.6. The molecule has 1 atom stereocenters. The van der Waals surface area contributed by atoms with Crippen molar-refractivity contribution in [1.29, 1.82) is 0 Å². The normalized spacial score (nSPS) is 11.7. The summed E-state index contributed by atoms with van der Waals surface area (Å²) in [6, 6.07) is 15.7. The number of carbonyl (C=O) groups is 1. The summed E-state index contributed by atoms with van der Waals surface area (Å²) in [5.74, 6) is 1.45. The maximum Gasteiger partial charge on any atom is 0.235 e. The summed E-state index contributed by atoms with van der Waals surface area (Å²) in [6.07, 6.45) is 0. The Morgan fingerprint density at radius 3 is 2.38 bits per heavy atom. The second kappa shape index (κ2) is 8.64. The van der Waals surface area contributed by atoms with Crippen LogP contribution in [0, 0.1) is 0 Å². The minimum atomic E-state index is -0.141. The van der Waals surface area contributed by atoms with E-state index in [0.29, 0.717) is 18.0 Å². The van der Waals surface area contributed by atoms with Gasteiger partial charge in [-0.1, -0.05) is 24.3 Å². The van der Waals surface area contributed by atoms with Gasteiger partial charge in [0.25, 0.3) is 0 Å². The largest absolute Gasteiger partial charge is 0.493 e. The van der Waals surface area contributed by atoms with Crippen molar-refractivity contribution in [2.45, 2.75) is 23.6 Å². The van der Waals surface area contributed by atoms with E-state index in [9.17, 15) is 4.79 Å². The molecule has 0 aliphatic heterocycles. The molecule has 0 N–H and O–H groups in total. The standard InChI is InChI=1S/C19H23NO3S/c1-14(24-16-8-6-5-7-9-16)19(21)20(2)13-15-10-11-17(22-3)18(12-15)23-4/h5-12,14H,13H2,1-4H3/t14-/m1/s1. The first-order valence-corrected chi connectivity index (χ1v) is 8.60. The third-order valence-corrected chi connectivity index (χ3v) is 4.75. The van der Waals surface area contributed by atoms with Crippen LogP contribution in [0.5, 0.6) is 11.5 Å². The summed E-state index contributed by atoms with van der Waals surface area (Å²) in [7, 11) is 5.03. The van der Waals surface area contributed by atoms with E-state index in [2.05, 4.69) is 0 Å². The van der Waals surface area contributed by atoms with Crippen molar-refractivity contribution in [3.8, 4) is 11.5 Å². The van der Waals surface area contributed by atoms with Crippen molar-refractivity contribution in [1.82, 2.24) is 4.90 Å². The predicted molar refractivity (Wildman–Crippen MR) is 97.8 cm³/mol. The Kier molecular flexibility index (Phi) is 6.55. The maximum absolute atomic E-state index is 12.6. The van der Waals surface area contributed by atoms with Crippen molar-refractivity contribution in [3.05, 3.63) is 54.1 Å². The Hall–Kier alpha value is -2.14. The molecule has 2 aromatic rings. The molecule has 4 nitrogen and oxygen atoms in total. The van der Waals surface area contributed by atoms with Crippen molar-refractivity contribution >= 4 is 17.7 Å². The molecule has 0 aromatic heterocycles. The molecule has 0 bridgehead atoms. The molecule has 128 valence electrons. The van der Waals surface area contributed by atoms with Gasteiger partial charge in [-0.2, -0.15) is 0 Å². The Morgan fingerprint density at radius 1 is 1.08 bits per heavy atom. The molecule has 0 aliphatic carbocycles. The van der Waals surface area contributed by atoms with Gasteiger partial charge in [0.15, 0.2) is 11.5 Å². The van der Waals surface area contributed by atoms with Crippen molar-refractivity contribution in [2.24, 2.45) is 0 Å². The van der Waals surface area contributed by atoms with E-state index in [0.717, 1.165) is 10.5 Å². The first-order valence-electron chi connectivity index (χ1n) is 7.72. The molecule has 0 unspecified atom stereocenters. The molecule has 0 spiro atoms. The number of hydrogen-bond acceptors (Lipinski definition) is 4. The fraction of sp³-hybridized carbons (Fsp3) is 0.316. The maximum atomic E-state index is 12.6. The van der Waals surface area contributed by atoms with E-state index in [1.807, 2.05) is 62.5 Å². The van der Waals surface area contributed by atoms with Gasteiger partial charge in [0.2, 0.25) is 5.91 Å². The monoisotopic (exact) mass is 345 g/mol. The molecule has 0 aliphatic rings. The highest BCUT2D eigenvalue weighted by Gasteiger charge is 2.19. The van der Waals surface area contributed by atoms with Crippen LogP contribution < -0.4 is 9.47 Å². The number of hydrogen-bond donors (Lipinski definition) is 0. The van der Waals surface area contributed by atoms with Crippen LogP contribution in [0.1, 0.15) is 12.5 Å². The predicted octanol–water partition coefficient (Wildman–Crippen LogP) is 3.84. The second-order valence-corrected chi connectivity index (χ2v) is 6.87. The van der Waals surface area contributed by atoms with Gasteiger partial charge in [-0.3, -0.25) is 4.79 Å². The third kappa shape index (κ3) is 4.68. The molecular formula is C19H23NO3S. The van der Waals surface area contributed by atoms with E-state index in [1.165, 1.54) is 0 Å². The summed E-state index contributed by atoms with van der Waals surface area (Å²) in [5.41, 5.74) is 1.00. The van der Waals surface area contributed by atoms with E-state index in [4.69, 9.17) is 9.47 Å². The van der Waals surface area contributed by atoms with Gasteiger partial charge in [0.1, 0.15) is 0 Å². The highest BCUT2D eigenvalue weighted by atomic mass is 32.2. The second-order valence-electron chi connectivity index (χ2n) is 5.46. The number of amides is 1. The van der Waals surface area contributed by atoms with Crippen molar-refractivity contribution in [2.75, 3.05) is 21.3 Å². The average molecular weight is 345 g/mol. The number of ether oxygens (including phenoxy) is 2. The molecule has 0 heterocycles. The number of thioether (sulfide) groups is 1. The number of methoxy groups -OCH3 is 2. The molecule has 24 heavy (non-hydrogen) atoms. The Labute approximate surface area is 147 Å². The van der Waals surface area contributed by atoms with Gasteiger partial charge in [-0.05, 0) is 36.8 Å². The van der Waals surface area contributed by atoms with Gasteiger partial charge in [0, 0.05) is 18.5 Å². The highest BCUT2D eigenvalue weighted by Crippen LogP contribution is 2.28. The zero-order valence-electron chi connectivity index (χ0n) is 14.5. The zero-order valence-corrected chi connectivity index (χ0v) is 15.3. The Balaban J connectivity index is 2.00. The van der Waals surface area contributed by atoms with Crippen molar-refractivity contribution in [3.63, 3.8) is 0 Å². The lowest BCUT2D eigenvalue weighted by Gasteiger charge is -2.22. The average Bonchev–Trinajstić information content (AvgIpc) is 2.61. The number of nitrogens with zero attached hydrogens (tertiary/aromatic N) is 1.